The van der Waals surface area contributed by atoms with Crippen LogP contribution in [0.4, 0.5) is 0 Å². The van der Waals surface area contributed by atoms with E-state index < -0.39 is 0 Å². The van der Waals surface area contributed by atoms with Gasteiger partial charge < -0.3 is 9.47 Å². The molecule has 3 nitrogen and oxygen atoms in total. The van der Waals surface area contributed by atoms with Gasteiger partial charge >= 0.3 is 0 Å². The average Bonchev–Trinajstić information content (AvgIpc) is 2.29. The number of hydrogen-bond donors (Lipinski definition) is 0. The Labute approximate surface area is 89.6 Å². The van der Waals surface area contributed by atoms with Crippen molar-refractivity contribution in [2.75, 3.05) is 20.8 Å². The van der Waals surface area contributed by atoms with Gasteiger partial charge in [-0.15, -0.1) is 0 Å². The lowest BCUT2D eigenvalue weighted by molar-refractivity contribution is 0.229. The van der Waals surface area contributed by atoms with Crippen LogP contribution in [0, 0.1) is 11.3 Å². The van der Waals surface area contributed by atoms with Crippen LogP contribution in [-0.4, -0.2) is 20.8 Å². The smallest absolute Gasteiger partial charge is 0.118 e. The Balaban J connectivity index is 2.83. The second-order valence-electron chi connectivity index (χ2n) is 2.99. The number of nitrogens with zero attached hydrogens (tertiary/aromatic N) is 1. The van der Waals surface area contributed by atoms with E-state index in [9.17, 15) is 0 Å². The van der Waals surface area contributed by atoms with Crippen LogP contribution in [0.25, 0.3) is 6.08 Å². The van der Waals surface area contributed by atoms with Crippen molar-refractivity contribution in [2.45, 2.75) is 0 Å². The van der Waals surface area contributed by atoms with E-state index in [0.29, 0.717) is 12.2 Å². The van der Waals surface area contributed by atoms with Gasteiger partial charge in [-0.25, -0.2) is 0 Å². The number of methoxy groups -OCH3 is 2. The van der Waals surface area contributed by atoms with Gasteiger partial charge in [0, 0.05) is 7.11 Å². The van der Waals surface area contributed by atoms with Gasteiger partial charge in [-0.3, -0.25) is 0 Å². The van der Waals surface area contributed by atoms with Crippen LogP contribution in [-0.2, 0) is 4.74 Å². The highest BCUT2D eigenvalue weighted by Gasteiger charge is 1.96. The van der Waals surface area contributed by atoms with Gasteiger partial charge in [-0.2, -0.15) is 5.26 Å². The Bertz CT molecular complexity index is 374. The molecule has 0 N–H and O–H groups in total. The minimum absolute atomic E-state index is 0.336. The standard InChI is InChI=1S/C12H13NO2/c1-14-9-11(8-13)7-10-3-5-12(15-2)6-4-10/h3-7H,9H2,1-2H3/b11-7-. The van der Waals surface area contributed by atoms with Crippen molar-refractivity contribution in [2.24, 2.45) is 0 Å². The lowest BCUT2D eigenvalue weighted by Gasteiger charge is -2.00. The van der Waals surface area contributed by atoms with Gasteiger partial charge in [0.25, 0.3) is 0 Å². The molecule has 3 heteroatoms. The molecule has 1 aromatic rings. The minimum atomic E-state index is 0.336. The SMILES string of the molecule is COC/C(C#N)=C\c1ccc(OC)cc1. The lowest BCUT2D eigenvalue weighted by Crippen LogP contribution is -1.91. The molecule has 1 rings (SSSR count). The van der Waals surface area contributed by atoms with Crippen molar-refractivity contribution in [3.8, 4) is 11.8 Å². The Morgan fingerprint density at radius 2 is 2.00 bits per heavy atom. The van der Waals surface area contributed by atoms with E-state index >= 15 is 0 Å². The van der Waals surface area contributed by atoms with E-state index in [0.717, 1.165) is 11.3 Å². The fraction of sp³-hybridized carbons (Fsp3) is 0.250. The van der Waals surface area contributed by atoms with Gasteiger partial charge in [0.1, 0.15) is 5.75 Å². The molecule has 1 aromatic carbocycles. The summed E-state index contributed by atoms with van der Waals surface area (Å²) in [7, 11) is 3.19. The van der Waals surface area contributed by atoms with Gasteiger partial charge in [0.15, 0.2) is 0 Å². The first-order chi connectivity index (χ1) is 7.30. The molecule has 0 amide bonds. The summed E-state index contributed by atoms with van der Waals surface area (Å²) in [6, 6.07) is 9.58. The summed E-state index contributed by atoms with van der Waals surface area (Å²) in [5.74, 6) is 0.803. The first kappa shape index (κ1) is 11.3. The Kier molecular flexibility index (Phi) is 4.39. The third kappa shape index (κ3) is 3.45. The number of rotatable bonds is 4. The summed E-state index contributed by atoms with van der Waals surface area (Å²) < 4.78 is 9.93. The van der Waals surface area contributed by atoms with Crippen molar-refractivity contribution in [1.29, 1.82) is 5.26 Å². The molecule has 0 aliphatic heterocycles. The van der Waals surface area contributed by atoms with E-state index in [-0.39, 0.29) is 0 Å². The van der Waals surface area contributed by atoms with Gasteiger partial charge in [0.05, 0.1) is 25.4 Å². The predicted molar refractivity (Wildman–Crippen MR) is 58.5 cm³/mol. The third-order valence-corrected chi connectivity index (χ3v) is 1.90. The molecule has 0 unspecified atom stereocenters. The fourth-order valence-electron chi connectivity index (χ4n) is 1.16. The zero-order valence-corrected chi connectivity index (χ0v) is 8.86. The normalized spacial score (nSPS) is 10.9. The van der Waals surface area contributed by atoms with Crippen molar-refractivity contribution in [1.82, 2.24) is 0 Å². The molecule has 0 aromatic heterocycles. The number of nitriles is 1. The monoisotopic (exact) mass is 203 g/mol. The summed E-state index contributed by atoms with van der Waals surface area (Å²) in [6.45, 7) is 0.336. The van der Waals surface area contributed by atoms with E-state index in [1.807, 2.05) is 24.3 Å². The Morgan fingerprint density at radius 1 is 1.33 bits per heavy atom. The van der Waals surface area contributed by atoms with Gasteiger partial charge in [0.2, 0.25) is 0 Å². The van der Waals surface area contributed by atoms with Crippen LogP contribution >= 0.6 is 0 Å². The first-order valence-electron chi connectivity index (χ1n) is 4.54. The molecule has 0 radical (unpaired) electrons. The van der Waals surface area contributed by atoms with Crippen LogP contribution in [0.1, 0.15) is 5.56 Å². The van der Waals surface area contributed by atoms with E-state index in [1.165, 1.54) is 0 Å². The van der Waals surface area contributed by atoms with E-state index in [1.54, 1.807) is 20.3 Å². The maximum absolute atomic E-state index is 8.80. The summed E-state index contributed by atoms with van der Waals surface area (Å²) in [5, 5.41) is 8.80. The summed E-state index contributed by atoms with van der Waals surface area (Å²) in [6.07, 6.45) is 1.79. The zero-order valence-electron chi connectivity index (χ0n) is 8.86. The second-order valence-corrected chi connectivity index (χ2v) is 2.99. The molecule has 15 heavy (non-hydrogen) atoms. The Hall–Kier alpha value is -1.79. The molecule has 0 fully saturated rings. The van der Waals surface area contributed by atoms with Crippen molar-refractivity contribution >= 4 is 6.08 Å². The van der Waals surface area contributed by atoms with Crippen molar-refractivity contribution in [3.05, 3.63) is 35.4 Å². The molecule has 0 bridgehead atoms. The van der Waals surface area contributed by atoms with Crippen LogP contribution in [0.15, 0.2) is 29.8 Å². The summed E-state index contributed by atoms with van der Waals surface area (Å²) >= 11 is 0. The number of benzene rings is 1. The average molecular weight is 203 g/mol. The largest absolute Gasteiger partial charge is 0.497 e. The first-order valence-corrected chi connectivity index (χ1v) is 4.54. The van der Waals surface area contributed by atoms with Crippen molar-refractivity contribution < 1.29 is 9.47 Å². The highest BCUT2D eigenvalue weighted by Crippen LogP contribution is 2.13. The topological polar surface area (TPSA) is 42.2 Å². The van der Waals surface area contributed by atoms with Gasteiger partial charge in [-0.1, -0.05) is 12.1 Å². The number of ether oxygens (including phenoxy) is 2. The molecule has 0 aliphatic rings. The third-order valence-electron chi connectivity index (χ3n) is 1.90. The maximum Gasteiger partial charge on any atom is 0.118 e. The summed E-state index contributed by atoms with van der Waals surface area (Å²) in [5.41, 5.74) is 1.56. The van der Waals surface area contributed by atoms with E-state index in [4.69, 9.17) is 14.7 Å². The van der Waals surface area contributed by atoms with Crippen LogP contribution < -0.4 is 4.74 Å². The second kappa shape index (κ2) is 5.84. The molecule has 0 aliphatic carbocycles. The molecule has 0 atom stereocenters. The van der Waals surface area contributed by atoms with E-state index in [2.05, 4.69) is 6.07 Å². The quantitative estimate of drug-likeness (QED) is 0.705. The lowest BCUT2D eigenvalue weighted by atomic mass is 10.1. The highest BCUT2D eigenvalue weighted by molar-refractivity contribution is 5.57. The fourth-order valence-corrected chi connectivity index (χ4v) is 1.16. The highest BCUT2D eigenvalue weighted by atomic mass is 16.5. The minimum Gasteiger partial charge on any atom is -0.497 e. The molecule has 0 heterocycles. The molecular weight excluding hydrogens is 190 g/mol. The number of hydrogen-bond acceptors (Lipinski definition) is 3. The molecule has 78 valence electrons. The molecule has 0 saturated heterocycles. The summed E-state index contributed by atoms with van der Waals surface area (Å²) in [4.78, 5) is 0. The predicted octanol–water partition coefficient (Wildman–Crippen LogP) is 2.25. The van der Waals surface area contributed by atoms with Crippen LogP contribution in [0.2, 0.25) is 0 Å². The Morgan fingerprint density at radius 3 is 2.47 bits per heavy atom. The maximum atomic E-state index is 8.80. The van der Waals surface area contributed by atoms with Crippen molar-refractivity contribution in [3.63, 3.8) is 0 Å². The van der Waals surface area contributed by atoms with Gasteiger partial charge in [-0.05, 0) is 23.8 Å². The van der Waals surface area contributed by atoms with Crippen LogP contribution in [0.3, 0.4) is 0 Å². The molecule has 0 saturated carbocycles. The van der Waals surface area contributed by atoms with Crippen LogP contribution in [0.5, 0.6) is 5.75 Å². The molecular formula is C12H13NO2. The zero-order chi connectivity index (χ0) is 11.1. The molecule has 0 spiro atoms.